The summed E-state index contributed by atoms with van der Waals surface area (Å²) in [7, 11) is 0. The molecule has 2 atom stereocenters. The first-order chi connectivity index (χ1) is 17.2. The Hall–Kier alpha value is -3.72. The summed E-state index contributed by atoms with van der Waals surface area (Å²) >= 11 is 0. The van der Waals surface area contributed by atoms with E-state index in [0.29, 0.717) is 6.42 Å². The number of anilines is 2. The summed E-state index contributed by atoms with van der Waals surface area (Å²) < 4.78 is 5.43. The van der Waals surface area contributed by atoms with Crippen molar-refractivity contribution in [3.63, 3.8) is 0 Å². The van der Waals surface area contributed by atoms with Crippen molar-refractivity contribution in [3.8, 4) is 17.2 Å². The number of aldehydes is 2. The van der Waals surface area contributed by atoms with Crippen LogP contribution in [0.15, 0.2) is 47.0 Å². The summed E-state index contributed by atoms with van der Waals surface area (Å²) in [6, 6.07) is 17.4. The SMILES string of the molecule is Cc1ccc(-c2c(C)noc2C)cc1N(c1ccc(C2(C#N)CC2)cc1)[C@H]1C[C@@H]1CC(C)(C=O)C=O. The van der Waals surface area contributed by atoms with Gasteiger partial charge in [0.2, 0.25) is 0 Å². The first-order valence-corrected chi connectivity index (χ1v) is 12.5. The van der Waals surface area contributed by atoms with Crippen molar-refractivity contribution in [2.24, 2.45) is 11.3 Å². The van der Waals surface area contributed by atoms with Gasteiger partial charge in [0.1, 0.15) is 18.3 Å². The fourth-order valence-corrected chi connectivity index (χ4v) is 5.42. The van der Waals surface area contributed by atoms with Crippen LogP contribution in [0.4, 0.5) is 11.4 Å². The lowest BCUT2D eigenvalue weighted by Crippen LogP contribution is -2.26. The first-order valence-electron chi connectivity index (χ1n) is 12.5. The van der Waals surface area contributed by atoms with Crippen molar-refractivity contribution >= 4 is 23.9 Å². The third-order valence-electron chi connectivity index (χ3n) is 7.91. The quantitative estimate of drug-likeness (QED) is 0.269. The van der Waals surface area contributed by atoms with Gasteiger partial charge in [-0.3, -0.25) is 0 Å². The highest BCUT2D eigenvalue weighted by Crippen LogP contribution is 2.51. The van der Waals surface area contributed by atoms with Crippen LogP contribution in [0.5, 0.6) is 0 Å². The Balaban J connectivity index is 1.56. The summed E-state index contributed by atoms with van der Waals surface area (Å²) in [5.41, 5.74) is 5.90. The summed E-state index contributed by atoms with van der Waals surface area (Å²) in [6.45, 7) is 7.68. The third kappa shape index (κ3) is 4.13. The molecule has 0 unspecified atom stereocenters. The minimum absolute atomic E-state index is 0.166. The Morgan fingerprint density at radius 3 is 2.39 bits per heavy atom. The second kappa shape index (κ2) is 8.74. The highest BCUT2D eigenvalue weighted by molar-refractivity contribution is 5.83. The topological polar surface area (TPSA) is 87.2 Å². The van der Waals surface area contributed by atoms with E-state index in [2.05, 4.69) is 65.5 Å². The smallest absolute Gasteiger partial charge is 0.141 e. The lowest BCUT2D eigenvalue weighted by atomic mass is 9.88. The monoisotopic (exact) mass is 481 g/mol. The molecule has 2 aliphatic rings. The van der Waals surface area contributed by atoms with Gasteiger partial charge < -0.3 is 19.0 Å². The molecule has 0 N–H and O–H groups in total. The molecule has 0 saturated heterocycles. The minimum Gasteiger partial charge on any atom is -0.361 e. The van der Waals surface area contributed by atoms with Crippen LogP contribution in [0.2, 0.25) is 0 Å². The maximum Gasteiger partial charge on any atom is 0.141 e. The van der Waals surface area contributed by atoms with Gasteiger partial charge in [0.25, 0.3) is 0 Å². The van der Waals surface area contributed by atoms with Crippen LogP contribution in [0.25, 0.3) is 11.1 Å². The number of nitrogens with zero attached hydrogens (tertiary/aromatic N) is 3. The molecule has 2 aromatic carbocycles. The van der Waals surface area contributed by atoms with Crippen molar-refractivity contribution in [2.45, 2.75) is 64.8 Å². The average Bonchev–Trinajstić information content (AvgIpc) is 3.81. The van der Waals surface area contributed by atoms with Crippen LogP contribution < -0.4 is 4.90 Å². The summed E-state index contributed by atoms with van der Waals surface area (Å²) in [6.07, 6.45) is 4.79. The van der Waals surface area contributed by atoms with Gasteiger partial charge in [-0.2, -0.15) is 5.26 Å². The van der Waals surface area contributed by atoms with Crippen LogP contribution in [-0.4, -0.2) is 23.8 Å². The second-order valence-electron chi connectivity index (χ2n) is 10.8. The zero-order valence-electron chi connectivity index (χ0n) is 21.2. The molecule has 5 rings (SSSR count). The highest BCUT2D eigenvalue weighted by Gasteiger charge is 2.47. The lowest BCUT2D eigenvalue weighted by molar-refractivity contribution is -0.125. The minimum atomic E-state index is -0.965. The number of carbonyl (C=O) groups is 2. The molecule has 1 heterocycles. The molecule has 2 saturated carbocycles. The van der Waals surface area contributed by atoms with Crippen molar-refractivity contribution in [3.05, 3.63) is 65.0 Å². The van der Waals surface area contributed by atoms with Crippen LogP contribution >= 0.6 is 0 Å². The van der Waals surface area contributed by atoms with Crippen molar-refractivity contribution < 1.29 is 14.1 Å². The molecular formula is C30H31N3O3. The van der Waals surface area contributed by atoms with Gasteiger partial charge >= 0.3 is 0 Å². The van der Waals surface area contributed by atoms with E-state index in [1.165, 1.54) is 0 Å². The third-order valence-corrected chi connectivity index (χ3v) is 7.91. The van der Waals surface area contributed by atoms with Crippen molar-refractivity contribution in [1.82, 2.24) is 5.16 Å². The lowest BCUT2D eigenvalue weighted by Gasteiger charge is -2.29. The van der Waals surface area contributed by atoms with E-state index in [0.717, 1.165) is 76.9 Å². The zero-order chi connectivity index (χ0) is 25.7. The van der Waals surface area contributed by atoms with Gasteiger partial charge in [-0.1, -0.05) is 29.4 Å². The van der Waals surface area contributed by atoms with Crippen molar-refractivity contribution in [1.29, 1.82) is 5.26 Å². The Bertz CT molecular complexity index is 1330. The normalized spacial score (nSPS) is 19.9. The van der Waals surface area contributed by atoms with E-state index in [1.807, 2.05) is 13.8 Å². The molecule has 0 bridgehead atoms. The number of hydrogen-bond donors (Lipinski definition) is 0. The summed E-state index contributed by atoms with van der Waals surface area (Å²) in [5, 5.41) is 13.8. The van der Waals surface area contributed by atoms with Gasteiger partial charge in [0, 0.05) is 23.0 Å². The Kier molecular flexibility index (Phi) is 5.83. The molecule has 2 aliphatic carbocycles. The van der Waals surface area contributed by atoms with Crippen molar-refractivity contribution in [2.75, 3.05) is 4.90 Å². The van der Waals surface area contributed by atoms with Crippen LogP contribution in [0.3, 0.4) is 0 Å². The number of carbonyl (C=O) groups excluding carboxylic acids is 2. The summed E-state index contributed by atoms with van der Waals surface area (Å²) in [5.74, 6) is 1.00. The van der Waals surface area contributed by atoms with Gasteiger partial charge in [0.15, 0.2) is 0 Å². The van der Waals surface area contributed by atoms with Gasteiger partial charge in [-0.15, -0.1) is 0 Å². The predicted octanol–water partition coefficient (Wildman–Crippen LogP) is 6.14. The Morgan fingerprint density at radius 2 is 1.83 bits per heavy atom. The average molecular weight is 482 g/mol. The van der Waals surface area contributed by atoms with E-state index in [1.54, 1.807) is 6.92 Å². The number of aromatic nitrogens is 1. The van der Waals surface area contributed by atoms with Crippen LogP contribution in [0.1, 0.15) is 55.2 Å². The van der Waals surface area contributed by atoms with Gasteiger partial charge in [0.05, 0.1) is 22.6 Å². The molecule has 0 aliphatic heterocycles. The van der Waals surface area contributed by atoms with Gasteiger partial charge in [-0.25, -0.2) is 0 Å². The van der Waals surface area contributed by atoms with Crippen LogP contribution in [0, 0.1) is 43.4 Å². The first kappa shape index (κ1) is 24.0. The molecule has 1 aromatic heterocycles. The van der Waals surface area contributed by atoms with E-state index < -0.39 is 5.41 Å². The molecule has 0 amide bonds. The maximum absolute atomic E-state index is 11.6. The van der Waals surface area contributed by atoms with E-state index in [9.17, 15) is 14.9 Å². The number of benzene rings is 2. The Morgan fingerprint density at radius 1 is 1.14 bits per heavy atom. The van der Waals surface area contributed by atoms with E-state index in [4.69, 9.17) is 4.52 Å². The largest absolute Gasteiger partial charge is 0.361 e. The van der Waals surface area contributed by atoms with Crippen LogP contribution in [-0.2, 0) is 15.0 Å². The number of nitriles is 1. The number of hydrogen-bond acceptors (Lipinski definition) is 6. The number of rotatable bonds is 9. The molecule has 0 radical (unpaired) electrons. The fourth-order valence-electron chi connectivity index (χ4n) is 5.42. The molecule has 3 aromatic rings. The maximum atomic E-state index is 11.6. The number of aryl methyl sites for hydroxylation is 3. The molecule has 6 heteroatoms. The molecule has 6 nitrogen and oxygen atoms in total. The molecule has 0 spiro atoms. The van der Waals surface area contributed by atoms with E-state index in [-0.39, 0.29) is 17.4 Å². The zero-order valence-corrected chi connectivity index (χ0v) is 21.2. The fraction of sp³-hybridized carbons (Fsp3) is 0.400. The predicted molar refractivity (Wildman–Crippen MR) is 138 cm³/mol. The van der Waals surface area contributed by atoms with E-state index >= 15 is 0 Å². The molecule has 184 valence electrons. The second-order valence-corrected chi connectivity index (χ2v) is 10.8. The summed E-state index contributed by atoms with van der Waals surface area (Å²) in [4.78, 5) is 25.6. The molecular weight excluding hydrogens is 450 g/mol. The highest BCUT2D eigenvalue weighted by atomic mass is 16.5. The standard InChI is InChI=1S/C30H31N3O3/c1-19-5-6-22(28-20(2)32-36-21(28)3)13-26(19)33(27-14-23(27)15-29(4,17-34)18-35)25-9-7-24(8-10-25)30(16-31)11-12-30/h5-10,13,17-18,23,27H,11-12,14-15H2,1-4H3/t23-,27+/m1/s1. The molecule has 36 heavy (non-hydrogen) atoms. The Labute approximate surface area is 211 Å². The molecule has 2 fully saturated rings. The van der Waals surface area contributed by atoms with Gasteiger partial charge in [-0.05, 0) is 94.2 Å².